The van der Waals surface area contributed by atoms with Gasteiger partial charge in [0.1, 0.15) is 12.4 Å². The molecule has 0 saturated carbocycles. The summed E-state index contributed by atoms with van der Waals surface area (Å²) in [6.07, 6.45) is -8.34. The molecule has 0 spiro atoms. The van der Waals surface area contributed by atoms with Crippen molar-refractivity contribution in [1.82, 2.24) is 9.88 Å². The van der Waals surface area contributed by atoms with Gasteiger partial charge in [-0.05, 0) is 53.1 Å². The molecule has 0 saturated heterocycles. The molecule has 0 amide bonds. The minimum absolute atomic E-state index is 0.107. The lowest BCUT2D eigenvalue weighted by Crippen LogP contribution is -2.26. The molecule has 33 heavy (non-hydrogen) atoms. The number of hydrogen-bond donors (Lipinski definition) is 0. The summed E-state index contributed by atoms with van der Waals surface area (Å²) in [6.45, 7) is 0.355. The highest BCUT2D eigenvalue weighted by Crippen LogP contribution is 2.37. The third kappa shape index (κ3) is 5.27. The monoisotopic (exact) mass is 470 g/mol. The standard InChI is InChI=1S/C23H17F7N2O/c24-18-3-1-2-15(10-18)19-4-5-31-21-20(19)13-32(6-7-33-21)12-14-8-16(22(25,26)27)11-17(9-14)23(28,29)30/h1-5,8-11H,6-7,12-13H2. The molecule has 174 valence electrons. The van der Waals surface area contributed by atoms with Gasteiger partial charge in [0.2, 0.25) is 5.88 Å². The summed E-state index contributed by atoms with van der Waals surface area (Å²) in [4.78, 5) is 5.85. The van der Waals surface area contributed by atoms with Crippen LogP contribution in [0.15, 0.2) is 54.7 Å². The molecule has 3 nitrogen and oxygen atoms in total. The first-order chi connectivity index (χ1) is 15.5. The Morgan fingerprint density at radius 1 is 0.909 bits per heavy atom. The highest BCUT2D eigenvalue weighted by Gasteiger charge is 2.37. The molecule has 0 atom stereocenters. The van der Waals surface area contributed by atoms with Crippen molar-refractivity contribution in [3.05, 3.63) is 82.8 Å². The van der Waals surface area contributed by atoms with Crippen molar-refractivity contribution in [2.75, 3.05) is 13.2 Å². The van der Waals surface area contributed by atoms with Crippen LogP contribution in [0.4, 0.5) is 30.7 Å². The second-order valence-electron chi connectivity index (χ2n) is 7.63. The van der Waals surface area contributed by atoms with E-state index < -0.39 is 29.3 Å². The number of ether oxygens (including phenoxy) is 1. The van der Waals surface area contributed by atoms with Crippen LogP contribution in [0.1, 0.15) is 22.3 Å². The quantitative estimate of drug-likeness (QED) is 0.419. The van der Waals surface area contributed by atoms with E-state index in [1.54, 1.807) is 17.0 Å². The van der Waals surface area contributed by atoms with E-state index in [-0.39, 0.29) is 37.9 Å². The molecule has 10 heteroatoms. The van der Waals surface area contributed by atoms with Crippen molar-refractivity contribution in [3.8, 4) is 17.0 Å². The highest BCUT2D eigenvalue weighted by atomic mass is 19.4. The third-order valence-electron chi connectivity index (χ3n) is 5.23. The zero-order chi connectivity index (χ0) is 23.8. The zero-order valence-electron chi connectivity index (χ0n) is 17.0. The maximum absolute atomic E-state index is 13.8. The van der Waals surface area contributed by atoms with Gasteiger partial charge in [0.25, 0.3) is 0 Å². The smallest absolute Gasteiger partial charge is 0.416 e. The molecular weight excluding hydrogens is 453 g/mol. The lowest BCUT2D eigenvalue weighted by atomic mass is 10.0. The number of fused-ring (bicyclic) bond motifs is 1. The van der Waals surface area contributed by atoms with Crippen LogP contribution in [0, 0.1) is 5.82 Å². The second kappa shape index (κ2) is 8.66. The number of alkyl halides is 6. The SMILES string of the molecule is Fc1cccc(-c2ccnc3c2CN(Cc2cc(C(F)(F)F)cc(C(F)(F)F)c2)CCO3)c1. The first-order valence-corrected chi connectivity index (χ1v) is 9.88. The number of aromatic nitrogens is 1. The number of benzene rings is 2. The number of rotatable bonds is 3. The number of nitrogens with zero attached hydrogens (tertiary/aromatic N) is 2. The van der Waals surface area contributed by atoms with Gasteiger partial charge in [-0.1, -0.05) is 12.1 Å². The number of halogens is 7. The van der Waals surface area contributed by atoms with Gasteiger partial charge in [0, 0.05) is 31.4 Å². The lowest BCUT2D eigenvalue weighted by Gasteiger charge is -2.22. The molecule has 2 heterocycles. The molecule has 0 radical (unpaired) electrons. The Kier molecular flexibility index (Phi) is 6.04. The predicted molar refractivity (Wildman–Crippen MR) is 106 cm³/mol. The van der Waals surface area contributed by atoms with E-state index in [0.717, 1.165) is 12.1 Å². The van der Waals surface area contributed by atoms with Crippen LogP contribution in [-0.2, 0) is 25.4 Å². The Hall–Kier alpha value is -3.14. The van der Waals surface area contributed by atoms with Crippen LogP contribution in [0.5, 0.6) is 5.88 Å². The molecule has 2 aromatic carbocycles. The van der Waals surface area contributed by atoms with Crippen molar-refractivity contribution in [2.45, 2.75) is 25.4 Å². The zero-order valence-corrected chi connectivity index (χ0v) is 17.0. The number of hydrogen-bond acceptors (Lipinski definition) is 3. The molecule has 0 unspecified atom stereocenters. The van der Waals surface area contributed by atoms with Gasteiger partial charge in [-0.25, -0.2) is 9.37 Å². The largest absolute Gasteiger partial charge is 0.476 e. The minimum Gasteiger partial charge on any atom is -0.476 e. The summed E-state index contributed by atoms with van der Waals surface area (Å²) in [7, 11) is 0. The van der Waals surface area contributed by atoms with Gasteiger partial charge in [-0.3, -0.25) is 4.90 Å². The van der Waals surface area contributed by atoms with Crippen LogP contribution < -0.4 is 4.74 Å². The Labute approximate surface area is 184 Å². The van der Waals surface area contributed by atoms with Crippen LogP contribution in [0.2, 0.25) is 0 Å². The Bertz CT molecular complexity index is 1130. The average molecular weight is 470 g/mol. The molecule has 0 bridgehead atoms. The molecule has 1 aliphatic heterocycles. The molecule has 0 N–H and O–H groups in total. The topological polar surface area (TPSA) is 25.4 Å². The van der Waals surface area contributed by atoms with Gasteiger partial charge in [-0.15, -0.1) is 0 Å². The summed E-state index contributed by atoms with van der Waals surface area (Å²) >= 11 is 0. The summed E-state index contributed by atoms with van der Waals surface area (Å²) in [5.74, 6) is -0.160. The van der Waals surface area contributed by atoms with Crippen LogP contribution >= 0.6 is 0 Å². The lowest BCUT2D eigenvalue weighted by molar-refractivity contribution is -0.143. The third-order valence-corrected chi connectivity index (χ3v) is 5.23. The minimum atomic E-state index is -4.92. The van der Waals surface area contributed by atoms with Gasteiger partial charge < -0.3 is 4.74 Å². The van der Waals surface area contributed by atoms with Crippen molar-refractivity contribution >= 4 is 0 Å². The predicted octanol–water partition coefficient (Wildman–Crippen LogP) is 6.32. The fourth-order valence-corrected chi connectivity index (χ4v) is 3.75. The molecule has 0 aliphatic carbocycles. The number of pyridine rings is 1. The van der Waals surface area contributed by atoms with Crippen molar-refractivity contribution < 1.29 is 35.5 Å². The molecule has 4 rings (SSSR count). The molecule has 1 aliphatic rings. The first kappa shape index (κ1) is 23.0. The second-order valence-corrected chi connectivity index (χ2v) is 7.63. The van der Waals surface area contributed by atoms with Crippen molar-refractivity contribution in [3.63, 3.8) is 0 Å². The van der Waals surface area contributed by atoms with Gasteiger partial charge in [0.15, 0.2) is 0 Å². The van der Waals surface area contributed by atoms with Gasteiger partial charge >= 0.3 is 12.4 Å². The fourth-order valence-electron chi connectivity index (χ4n) is 3.75. The molecule has 0 fully saturated rings. The van der Waals surface area contributed by atoms with E-state index in [1.165, 1.54) is 24.4 Å². The molecule has 1 aromatic heterocycles. The van der Waals surface area contributed by atoms with Crippen LogP contribution in [0.25, 0.3) is 11.1 Å². The first-order valence-electron chi connectivity index (χ1n) is 9.88. The van der Waals surface area contributed by atoms with Crippen molar-refractivity contribution in [1.29, 1.82) is 0 Å². The van der Waals surface area contributed by atoms with E-state index >= 15 is 0 Å². The highest BCUT2D eigenvalue weighted by molar-refractivity contribution is 5.69. The van der Waals surface area contributed by atoms with Crippen LogP contribution in [0.3, 0.4) is 0 Å². The van der Waals surface area contributed by atoms with Gasteiger partial charge in [0.05, 0.1) is 11.1 Å². The normalized spacial score (nSPS) is 15.0. The maximum Gasteiger partial charge on any atom is 0.416 e. The van der Waals surface area contributed by atoms with Gasteiger partial charge in [-0.2, -0.15) is 26.3 Å². The van der Waals surface area contributed by atoms with E-state index in [9.17, 15) is 30.7 Å². The van der Waals surface area contributed by atoms with Crippen LogP contribution in [-0.4, -0.2) is 23.0 Å². The summed E-state index contributed by atoms with van der Waals surface area (Å²) in [5.41, 5.74) is -1.11. The van der Waals surface area contributed by atoms with E-state index in [2.05, 4.69) is 4.98 Å². The Morgan fingerprint density at radius 3 is 2.24 bits per heavy atom. The summed E-state index contributed by atoms with van der Waals surface area (Å²) < 4.78 is 98.7. The van der Waals surface area contributed by atoms with E-state index in [0.29, 0.717) is 22.6 Å². The van der Waals surface area contributed by atoms with E-state index in [4.69, 9.17) is 4.74 Å². The fraction of sp³-hybridized carbons (Fsp3) is 0.261. The van der Waals surface area contributed by atoms with Crippen molar-refractivity contribution in [2.24, 2.45) is 0 Å². The molecular formula is C23H17F7N2O. The maximum atomic E-state index is 13.8. The molecule has 3 aromatic rings. The Morgan fingerprint density at radius 2 is 1.61 bits per heavy atom. The summed E-state index contributed by atoms with van der Waals surface area (Å²) in [5, 5.41) is 0. The average Bonchev–Trinajstić information content (AvgIpc) is 2.94. The summed E-state index contributed by atoms with van der Waals surface area (Å²) in [6, 6.07) is 9.05. The Balaban J connectivity index is 1.69. The van der Waals surface area contributed by atoms with E-state index in [1.807, 2.05) is 0 Å².